The predicted molar refractivity (Wildman–Crippen MR) is 73.7 cm³/mol. The van der Waals surface area contributed by atoms with E-state index >= 15 is 0 Å². The minimum Gasteiger partial charge on any atom is -0.508 e. The van der Waals surface area contributed by atoms with Crippen molar-refractivity contribution < 1.29 is 23.8 Å². The number of Topliss-reactive ketones (excluding diaryl/α,β-unsaturated/α-hetero) is 1. The van der Waals surface area contributed by atoms with Crippen LogP contribution in [0.4, 0.5) is 4.39 Å². The summed E-state index contributed by atoms with van der Waals surface area (Å²) in [5, 5.41) is 9.30. The first-order chi connectivity index (χ1) is 9.97. The van der Waals surface area contributed by atoms with E-state index in [4.69, 9.17) is 4.74 Å². The van der Waals surface area contributed by atoms with Gasteiger partial charge in [-0.3, -0.25) is 4.79 Å². The van der Waals surface area contributed by atoms with Crippen LogP contribution in [0.5, 0.6) is 5.75 Å². The number of halogens is 1. The second-order valence-corrected chi connectivity index (χ2v) is 4.47. The Morgan fingerprint density at radius 3 is 2.38 bits per heavy atom. The molecule has 0 aliphatic carbocycles. The Balaban J connectivity index is 2.07. The fourth-order valence-electron chi connectivity index (χ4n) is 1.76. The van der Waals surface area contributed by atoms with Gasteiger partial charge in [-0.2, -0.15) is 0 Å². The van der Waals surface area contributed by atoms with Gasteiger partial charge < -0.3 is 9.84 Å². The summed E-state index contributed by atoms with van der Waals surface area (Å²) in [5.74, 6) is -1.66. The molecule has 108 valence electrons. The molecule has 0 aromatic heterocycles. The molecule has 2 aromatic rings. The van der Waals surface area contributed by atoms with E-state index in [1.165, 1.54) is 43.3 Å². The molecule has 4 nitrogen and oxygen atoms in total. The molecule has 1 atom stereocenters. The standard InChI is InChI=1S/C16H13FO4/c1-10(15(19)11-5-7-13(17)8-6-11)21-16(20)12-3-2-4-14(18)9-12/h2-10,18H,1H3/t10-/m0/s1. The molecular formula is C16H13FO4. The van der Waals surface area contributed by atoms with E-state index in [0.29, 0.717) is 0 Å². The third kappa shape index (κ3) is 3.66. The van der Waals surface area contributed by atoms with Gasteiger partial charge in [-0.05, 0) is 49.4 Å². The lowest BCUT2D eigenvalue weighted by Gasteiger charge is -2.12. The van der Waals surface area contributed by atoms with E-state index in [9.17, 15) is 19.1 Å². The third-order valence-corrected chi connectivity index (χ3v) is 2.86. The van der Waals surface area contributed by atoms with Gasteiger partial charge in [0.15, 0.2) is 6.10 Å². The van der Waals surface area contributed by atoms with E-state index in [2.05, 4.69) is 0 Å². The maximum absolute atomic E-state index is 12.8. The molecule has 0 fully saturated rings. The highest BCUT2D eigenvalue weighted by Crippen LogP contribution is 2.14. The van der Waals surface area contributed by atoms with Crippen LogP contribution in [0, 0.1) is 5.82 Å². The van der Waals surface area contributed by atoms with Crippen LogP contribution < -0.4 is 0 Å². The first-order valence-electron chi connectivity index (χ1n) is 6.27. The summed E-state index contributed by atoms with van der Waals surface area (Å²) in [5.41, 5.74) is 0.404. The highest BCUT2D eigenvalue weighted by atomic mass is 19.1. The molecular weight excluding hydrogens is 275 g/mol. The van der Waals surface area contributed by atoms with Crippen LogP contribution in [0.3, 0.4) is 0 Å². The van der Waals surface area contributed by atoms with Gasteiger partial charge in [0, 0.05) is 5.56 Å². The van der Waals surface area contributed by atoms with Gasteiger partial charge in [-0.1, -0.05) is 6.07 Å². The van der Waals surface area contributed by atoms with Gasteiger partial charge in [-0.15, -0.1) is 0 Å². The van der Waals surface area contributed by atoms with Crippen molar-refractivity contribution in [2.24, 2.45) is 0 Å². The van der Waals surface area contributed by atoms with Gasteiger partial charge in [0.05, 0.1) is 5.56 Å². The Morgan fingerprint density at radius 2 is 1.76 bits per heavy atom. The number of ether oxygens (including phenoxy) is 1. The second-order valence-electron chi connectivity index (χ2n) is 4.47. The van der Waals surface area contributed by atoms with Crippen LogP contribution in [0.1, 0.15) is 27.6 Å². The molecule has 2 aromatic carbocycles. The third-order valence-electron chi connectivity index (χ3n) is 2.86. The first kappa shape index (κ1) is 14.7. The van der Waals surface area contributed by atoms with Crippen molar-refractivity contribution in [3.8, 4) is 5.75 Å². The topological polar surface area (TPSA) is 63.6 Å². The monoisotopic (exact) mass is 288 g/mol. The molecule has 21 heavy (non-hydrogen) atoms. The van der Waals surface area contributed by atoms with Crippen molar-refractivity contribution in [2.45, 2.75) is 13.0 Å². The molecule has 0 bridgehead atoms. The number of rotatable bonds is 4. The summed E-state index contributed by atoms with van der Waals surface area (Å²) in [6, 6.07) is 10.6. The number of phenols is 1. The van der Waals surface area contributed by atoms with Gasteiger partial charge in [-0.25, -0.2) is 9.18 Å². The predicted octanol–water partition coefficient (Wildman–Crippen LogP) is 2.96. The average Bonchev–Trinajstić information content (AvgIpc) is 2.47. The molecule has 5 heteroatoms. The second kappa shape index (κ2) is 6.17. The van der Waals surface area contributed by atoms with E-state index in [-0.39, 0.29) is 16.9 Å². The number of hydrogen-bond acceptors (Lipinski definition) is 4. The lowest BCUT2D eigenvalue weighted by molar-refractivity contribution is 0.0318. The quantitative estimate of drug-likeness (QED) is 0.694. The number of aromatic hydroxyl groups is 1. The van der Waals surface area contributed by atoms with Crippen molar-refractivity contribution in [1.29, 1.82) is 0 Å². The molecule has 0 heterocycles. The molecule has 0 saturated carbocycles. The van der Waals surface area contributed by atoms with E-state index < -0.39 is 23.7 Å². The largest absolute Gasteiger partial charge is 0.508 e. The smallest absolute Gasteiger partial charge is 0.338 e. The number of phenolic OH excluding ortho intramolecular Hbond substituents is 1. The minimum atomic E-state index is -1.01. The van der Waals surface area contributed by atoms with Gasteiger partial charge in [0.2, 0.25) is 5.78 Å². The summed E-state index contributed by atoms with van der Waals surface area (Å²) in [6.07, 6.45) is -1.01. The molecule has 0 unspecified atom stereocenters. The highest BCUT2D eigenvalue weighted by molar-refractivity contribution is 6.01. The Kier molecular flexibility index (Phi) is 4.33. The molecule has 1 N–H and O–H groups in total. The summed E-state index contributed by atoms with van der Waals surface area (Å²) in [6.45, 7) is 1.44. The van der Waals surface area contributed by atoms with Crippen LogP contribution in [0.2, 0.25) is 0 Å². The van der Waals surface area contributed by atoms with Crippen molar-refractivity contribution >= 4 is 11.8 Å². The molecule has 0 spiro atoms. The Labute approximate surface area is 120 Å². The molecule has 0 aliphatic heterocycles. The van der Waals surface area contributed by atoms with Crippen LogP contribution >= 0.6 is 0 Å². The Hall–Kier alpha value is -2.69. The molecule has 0 aliphatic rings. The van der Waals surface area contributed by atoms with E-state index in [1.54, 1.807) is 0 Å². The average molecular weight is 288 g/mol. The number of esters is 1. The van der Waals surface area contributed by atoms with E-state index in [0.717, 1.165) is 12.1 Å². The minimum absolute atomic E-state index is 0.0676. The first-order valence-corrected chi connectivity index (χ1v) is 6.27. The normalized spacial score (nSPS) is 11.7. The van der Waals surface area contributed by atoms with Gasteiger partial charge in [0.1, 0.15) is 11.6 Å². The fourth-order valence-corrected chi connectivity index (χ4v) is 1.76. The zero-order valence-electron chi connectivity index (χ0n) is 11.2. The molecule has 0 saturated heterocycles. The molecule has 0 radical (unpaired) electrons. The van der Waals surface area contributed by atoms with Crippen molar-refractivity contribution in [3.05, 3.63) is 65.5 Å². The number of benzene rings is 2. The van der Waals surface area contributed by atoms with Crippen LogP contribution in [0.15, 0.2) is 48.5 Å². The Bertz CT molecular complexity index is 664. The maximum atomic E-state index is 12.8. The summed E-state index contributed by atoms with van der Waals surface area (Å²) in [4.78, 5) is 23.9. The van der Waals surface area contributed by atoms with Crippen molar-refractivity contribution in [1.82, 2.24) is 0 Å². The van der Waals surface area contributed by atoms with Crippen molar-refractivity contribution in [3.63, 3.8) is 0 Å². The van der Waals surface area contributed by atoms with Gasteiger partial charge in [0.25, 0.3) is 0 Å². The highest BCUT2D eigenvalue weighted by Gasteiger charge is 2.20. The van der Waals surface area contributed by atoms with Gasteiger partial charge >= 0.3 is 5.97 Å². The molecule has 2 rings (SSSR count). The number of ketones is 1. The number of carbonyl (C=O) groups excluding carboxylic acids is 2. The SMILES string of the molecule is C[C@H](OC(=O)c1cccc(O)c1)C(=O)c1ccc(F)cc1. The summed E-state index contributed by atoms with van der Waals surface area (Å²) >= 11 is 0. The fraction of sp³-hybridized carbons (Fsp3) is 0.125. The number of carbonyl (C=O) groups is 2. The molecule has 0 amide bonds. The van der Waals surface area contributed by atoms with E-state index in [1.807, 2.05) is 0 Å². The summed E-state index contributed by atoms with van der Waals surface area (Å²) < 4.78 is 17.8. The van der Waals surface area contributed by atoms with Crippen LogP contribution in [-0.4, -0.2) is 23.0 Å². The maximum Gasteiger partial charge on any atom is 0.338 e. The van der Waals surface area contributed by atoms with Crippen LogP contribution in [0.25, 0.3) is 0 Å². The number of hydrogen-bond donors (Lipinski definition) is 1. The zero-order chi connectivity index (χ0) is 15.4. The zero-order valence-corrected chi connectivity index (χ0v) is 11.2. The lowest BCUT2D eigenvalue weighted by atomic mass is 10.1. The van der Waals surface area contributed by atoms with Crippen LogP contribution in [-0.2, 0) is 4.74 Å². The van der Waals surface area contributed by atoms with Crippen molar-refractivity contribution in [2.75, 3.05) is 0 Å². The summed E-state index contributed by atoms with van der Waals surface area (Å²) in [7, 11) is 0. The Morgan fingerprint density at radius 1 is 1.10 bits per heavy atom. The lowest BCUT2D eigenvalue weighted by Crippen LogP contribution is -2.24.